The Morgan fingerprint density at radius 2 is 1.79 bits per heavy atom. The number of rotatable bonds is 5. The van der Waals surface area contributed by atoms with E-state index in [-0.39, 0.29) is 5.41 Å². The molecule has 1 atom stereocenters. The Hall–Kier alpha value is -0.300. The van der Waals surface area contributed by atoms with Crippen molar-refractivity contribution in [2.45, 2.75) is 53.5 Å². The summed E-state index contributed by atoms with van der Waals surface area (Å²) >= 11 is 0. The molecule has 1 unspecified atom stereocenters. The zero-order valence-corrected chi connectivity index (χ0v) is 10.9. The zero-order valence-electron chi connectivity index (χ0n) is 10.9. The van der Waals surface area contributed by atoms with Gasteiger partial charge in [-0.15, -0.1) is 0 Å². The van der Waals surface area contributed by atoms with Gasteiger partial charge in [-0.2, -0.15) is 0 Å². The van der Waals surface area contributed by atoms with Crippen molar-refractivity contribution >= 4 is 0 Å². The summed E-state index contributed by atoms with van der Waals surface area (Å²) in [4.78, 5) is 2.40. The summed E-state index contributed by atoms with van der Waals surface area (Å²) in [7, 11) is 2.19. The average molecular weight is 197 g/mol. The Morgan fingerprint density at radius 3 is 2.07 bits per heavy atom. The highest BCUT2D eigenvalue weighted by atomic mass is 15.1. The highest BCUT2D eigenvalue weighted by molar-refractivity contribution is 5.13. The van der Waals surface area contributed by atoms with Crippen molar-refractivity contribution in [1.82, 2.24) is 4.90 Å². The second-order valence-electron chi connectivity index (χ2n) is 5.15. The molecule has 0 rings (SSSR count). The van der Waals surface area contributed by atoms with Gasteiger partial charge in [0.05, 0.1) is 0 Å². The van der Waals surface area contributed by atoms with Crippen LogP contribution in [0.25, 0.3) is 0 Å². The van der Waals surface area contributed by atoms with Crippen LogP contribution in [0.3, 0.4) is 0 Å². The molecule has 84 valence electrons. The van der Waals surface area contributed by atoms with Crippen LogP contribution in [-0.4, -0.2) is 24.5 Å². The second kappa shape index (κ2) is 5.55. The fourth-order valence-corrected chi connectivity index (χ4v) is 1.65. The first-order valence-electron chi connectivity index (χ1n) is 5.74. The summed E-state index contributed by atoms with van der Waals surface area (Å²) in [5, 5.41) is 0. The van der Waals surface area contributed by atoms with E-state index < -0.39 is 0 Å². The molecule has 0 aromatic carbocycles. The van der Waals surface area contributed by atoms with E-state index in [1.54, 1.807) is 0 Å². The van der Waals surface area contributed by atoms with Gasteiger partial charge in [0.1, 0.15) is 0 Å². The van der Waals surface area contributed by atoms with Crippen molar-refractivity contribution < 1.29 is 0 Å². The first-order valence-corrected chi connectivity index (χ1v) is 5.74. The number of hydrogen-bond acceptors (Lipinski definition) is 1. The van der Waals surface area contributed by atoms with E-state index in [1.165, 1.54) is 18.4 Å². The van der Waals surface area contributed by atoms with E-state index in [1.807, 2.05) is 0 Å². The maximum atomic E-state index is 4.27. The molecule has 0 aliphatic carbocycles. The lowest BCUT2D eigenvalue weighted by Crippen LogP contribution is -2.36. The smallest absolute Gasteiger partial charge is 0.0306 e. The van der Waals surface area contributed by atoms with Crippen LogP contribution in [0, 0.1) is 5.41 Å². The Bertz CT molecular complexity index is 176. The number of hydrogen-bond donors (Lipinski definition) is 0. The molecule has 0 aromatic rings. The van der Waals surface area contributed by atoms with E-state index in [4.69, 9.17) is 0 Å². The van der Waals surface area contributed by atoms with Gasteiger partial charge in [0.25, 0.3) is 0 Å². The maximum Gasteiger partial charge on any atom is 0.0306 e. The van der Waals surface area contributed by atoms with Crippen LogP contribution in [0.2, 0.25) is 0 Å². The van der Waals surface area contributed by atoms with Gasteiger partial charge in [0.15, 0.2) is 0 Å². The van der Waals surface area contributed by atoms with E-state index in [9.17, 15) is 0 Å². The van der Waals surface area contributed by atoms with Crippen molar-refractivity contribution in [3.63, 3.8) is 0 Å². The van der Waals surface area contributed by atoms with Crippen LogP contribution >= 0.6 is 0 Å². The average Bonchev–Trinajstić information content (AvgIpc) is 2.10. The summed E-state index contributed by atoms with van der Waals surface area (Å²) in [6.07, 6.45) is 2.45. The van der Waals surface area contributed by atoms with Gasteiger partial charge in [-0.3, -0.25) is 4.90 Å². The first kappa shape index (κ1) is 13.7. The van der Waals surface area contributed by atoms with Crippen LogP contribution in [0.1, 0.15) is 47.5 Å². The third-order valence-electron chi connectivity index (χ3n) is 2.96. The minimum absolute atomic E-state index is 0.225. The lowest BCUT2D eigenvalue weighted by molar-refractivity contribution is 0.243. The van der Waals surface area contributed by atoms with Crippen molar-refractivity contribution in [3.8, 4) is 0 Å². The van der Waals surface area contributed by atoms with Crippen LogP contribution < -0.4 is 0 Å². The molecule has 1 heteroatoms. The normalized spacial score (nSPS) is 14.5. The summed E-state index contributed by atoms with van der Waals surface area (Å²) in [6, 6.07) is 0.546. The van der Waals surface area contributed by atoms with E-state index >= 15 is 0 Å². The molecule has 0 bridgehead atoms. The molecule has 14 heavy (non-hydrogen) atoms. The fourth-order valence-electron chi connectivity index (χ4n) is 1.65. The Morgan fingerprint density at radius 1 is 1.29 bits per heavy atom. The van der Waals surface area contributed by atoms with Crippen molar-refractivity contribution in [3.05, 3.63) is 12.2 Å². The largest absolute Gasteiger partial charge is 0.300 e. The van der Waals surface area contributed by atoms with Gasteiger partial charge in [0.2, 0.25) is 0 Å². The summed E-state index contributed by atoms with van der Waals surface area (Å²) in [6.45, 7) is 16.6. The Balaban J connectivity index is 4.57. The Kier molecular flexibility index (Phi) is 5.43. The van der Waals surface area contributed by atoms with Crippen molar-refractivity contribution in [2.75, 3.05) is 13.6 Å². The van der Waals surface area contributed by atoms with Gasteiger partial charge in [0, 0.05) is 6.04 Å². The van der Waals surface area contributed by atoms with Gasteiger partial charge >= 0.3 is 0 Å². The molecule has 0 heterocycles. The topological polar surface area (TPSA) is 3.24 Å². The molecule has 0 N–H and O–H groups in total. The molecule has 0 aromatic heterocycles. The monoisotopic (exact) mass is 197 g/mol. The number of likely N-dealkylation sites (N-methyl/N-ethyl adjacent to an activating group) is 1. The molecule has 0 spiro atoms. The molecule has 0 aliphatic heterocycles. The lowest BCUT2D eigenvalue weighted by Gasteiger charge is -2.35. The zero-order chi connectivity index (χ0) is 11.4. The van der Waals surface area contributed by atoms with E-state index in [0.29, 0.717) is 6.04 Å². The molecule has 0 amide bonds. The fraction of sp³-hybridized carbons (Fsp3) is 0.846. The van der Waals surface area contributed by atoms with Crippen LogP contribution in [0.5, 0.6) is 0 Å². The van der Waals surface area contributed by atoms with Crippen LogP contribution in [-0.2, 0) is 0 Å². The second-order valence-corrected chi connectivity index (χ2v) is 5.15. The standard InChI is InChI=1S/C13H27N/c1-8-10-12(14(7)9-2)11(3)13(4,5)6/h12H,3,8-10H2,1-2,4-7H3. The minimum Gasteiger partial charge on any atom is -0.300 e. The van der Waals surface area contributed by atoms with E-state index in [0.717, 1.165) is 6.54 Å². The molecule has 1 nitrogen and oxygen atoms in total. The van der Waals surface area contributed by atoms with Gasteiger partial charge < -0.3 is 0 Å². The molecule has 0 aliphatic rings. The third kappa shape index (κ3) is 3.83. The van der Waals surface area contributed by atoms with Crippen molar-refractivity contribution in [1.29, 1.82) is 0 Å². The maximum absolute atomic E-state index is 4.27. The van der Waals surface area contributed by atoms with Gasteiger partial charge in [-0.05, 0) is 25.4 Å². The molecular weight excluding hydrogens is 170 g/mol. The van der Waals surface area contributed by atoms with Crippen LogP contribution in [0.15, 0.2) is 12.2 Å². The Labute approximate surface area is 90.2 Å². The quantitative estimate of drug-likeness (QED) is 0.607. The molecule has 0 saturated heterocycles. The highest BCUT2D eigenvalue weighted by Crippen LogP contribution is 2.30. The lowest BCUT2D eigenvalue weighted by atomic mass is 9.81. The predicted molar refractivity (Wildman–Crippen MR) is 65.6 cm³/mol. The summed E-state index contributed by atoms with van der Waals surface area (Å²) < 4.78 is 0. The van der Waals surface area contributed by atoms with Gasteiger partial charge in [-0.25, -0.2) is 0 Å². The van der Waals surface area contributed by atoms with Gasteiger partial charge in [-0.1, -0.05) is 53.2 Å². The SMILES string of the molecule is C=C(C(CCC)N(C)CC)C(C)(C)C. The summed E-state index contributed by atoms with van der Waals surface area (Å²) in [5.41, 5.74) is 1.59. The summed E-state index contributed by atoms with van der Waals surface area (Å²) in [5.74, 6) is 0. The minimum atomic E-state index is 0.225. The predicted octanol–water partition coefficient (Wildman–Crippen LogP) is 3.71. The molecule has 0 saturated carbocycles. The number of nitrogens with zero attached hydrogens (tertiary/aromatic N) is 1. The molecule has 0 radical (unpaired) electrons. The van der Waals surface area contributed by atoms with Crippen molar-refractivity contribution in [2.24, 2.45) is 5.41 Å². The van der Waals surface area contributed by atoms with E-state index in [2.05, 4.69) is 53.1 Å². The van der Waals surface area contributed by atoms with Crippen LogP contribution in [0.4, 0.5) is 0 Å². The molecule has 0 fully saturated rings. The third-order valence-corrected chi connectivity index (χ3v) is 2.96. The molecular formula is C13H27N. The first-order chi connectivity index (χ1) is 6.34. The highest BCUT2D eigenvalue weighted by Gasteiger charge is 2.24.